The second kappa shape index (κ2) is 9.85. The number of methoxy groups -OCH3 is 2. The Labute approximate surface area is 182 Å². The van der Waals surface area contributed by atoms with Crippen molar-refractivity contribution >= 4 is 23.4 Å². The number of carbonyl (C=O) groups excluding carboxylic acids is 2. The van der Waals surface area contributed by atoms with Crippen LogP contribution in [-0.4, -0.2) is 63.8 Å². The molecule has 1 heterocycles. The molecule has 31 heavy (non-hydrogen) atoms. The van der Waals surface area contributed by atoms with Crippen LogP contribution in [0, 0.1) is 18.3 Å². The van der Waals surface area contributed by atoms with Crippen LogP contribution in [0.2, 0.25) is 0 Å². The number of hydrogen-bond donors (Lipinski definition) is 0. The van der Waals surface area contributed by atoms with Gasteiger partial charge in [0.05, 0.1) is 25.9 Å². The molecule has 0 aliphatic carbocycles. The minimum atomic E-state index is -0.622. The Kier molecular flexibility index (Phi) is 6.98. The molecule has 0 aromatic heterocycles. The summed E-state index contributed by atoms with van der Waals surface area (Å²) in [7, 11) is 2.93. The van der Waals surface area contributed by atoms with Crippen molar-refractivity contribution in [2.75, 3.05) is 56.7 Å². The van der Waals surface area contributed by atoms with Gasteiger partial charge in [-0.05, 0) is 42.8 Å². The second-order valence-electron chi connectivity index (χ2n) is 7.24. The highest BCUT2D eigenvalue weighted by Gasteiger charge is 2.26. The van der Waals surface area contributed by atoms with E-state index in [0.717, 1.165) is 17.0 Å². The average Bonchev–Trinajstić information content (AvgIpc) is 2.82. The first-order chi connectivity index (χ1) is 15.0. The van der Waals surface area contributed by atoms with Crippen LogP contribution in [0.4, 0.5) is 16.2 Å². The molecule has 0 saturated carbocycles. The van der Waals surface area contributed by atoms with Gasteiger partial charge in [-0.25, -0.2) is 4.79 Å². The zero-order chi connectivity index (χ0) is 22.4. The number of carbonyl (C=O) groups is 2. The summed E-state index contributed by atoms with van der Waals surface area (Å²) in [6.45, 7) is 4.35. The van der Waals surface area contributed by atoms with Gasteiger partial charge in [-0.15, -0.1) is 0 Å². The summed E-state index contributed by atoms with van der Waals surface area (Å²) in [5.74, 6) is 0.683. The molecule has 1 aliphatic heterocycles. The Hall–Kier alpha value is -3.73. The normalized spacial score (nSPS) is 13.4. The Morgan fingerprint density at radius 3 is 2.32 bits per heavy atom. The highest BCUT2D eigenvalue weighted by atomic mass is 16.5. The molecule has 0 bridgehead atoms. The third kappa shape index (κ3) is 5.07. The van der Waals surface area contributed by atoms with E-state index in [1.165, 1.54) is 12.0 Å². The van der Waals surface area contributed by atoms with Crippen LogP contribution in [0.1, 0.15) is 11.1 Å². The number of anilines is 2. The van der Waals surface area contributed by atoms with Crippen molar-refractivity contribution in [1.82, 2.24) is 4.90 Å². The van der Waals surface area contributed by atoms with Gasteiger partial charge in [0.1, 0.15) is 12.3 Å². The van der Waals surface area contributed by atoms with E-state index in [9.17, 15) is 9.59 Å². The fourth-order valence-corrected chi connectivity index (χ4v) is 3.54. The predicted molar refractivity (Wildman–Crippen MR) is 117 cm³/mol. The molecule has 2 aromatic carbocycles. The molecule has 162 valence electrons. The Morgan fingerprint density at radius 1 is 1.06 bits per heavy atom. The van der Waals surface area contributed by atoms with E-state index in [2.05, 4.69) is 11.0 Å². The molecule has 0 unspecified atom stereocenters. The van der Waals surface area contributed by atoms with Gasteiger partial charge in [0, 0.05) is 43.6 Å². The second-order valence-corrected chi connectivity index (χ2v) is 7.24. The highest BCUT2D eigenvalue weighted by molar-refractivity contribution is 5.95. The summed E-state index contributed by atoms with van der Waals surface area (Å²) in [6, 6.07) is 14.6. The van der Waals surface area contributed by atoms with Crippen LogP contribution in [0.15, 0.2) is 42.5 Å². The number of nitriles is 1. The standard InChI is InChI=1S/C23H26N4O4/c1-17-4-7-20(14-21(17)30-2)25-10-12-26(13-11-25)22(28)16-27(23(29)31-3)19-8-5-18(15-24)6-9-19/h4-9,14H,10-13,16H2,1-3H3. The molecule has 1 fully saturated rings. The molecule has 0 radical (unpaired) electrons. The molecular weight excluding hydrogens is 396 g/mol. The molecule has 2 aromatic rings. The van der Waals surface area contributed by atoms with Crippen molar-refractivity contribution < 1.29 is 19.1 Å². The Balaban J connectivity index is 1.64. The van der Waals surface area contributed by atoms with Gasteiger partial charge in [0.15, 0.2) is 0 Å². The number of rotatable bonds is 5. The first-order valence-electron chi connectivity index (χ1n) is 10.00. The summed E-state index contributed by atoms with van der Waals surface area (Å²) in [6.07, 6.45) is -0.622. The van der Waals surface area contributed by atoms with E-state index in [4.69, 9.17) is 14.7 Å². The van der Waals surface area contributed by atoms with Crippen molar-refractivity contribution in [2.24, 2.45) is 0 Å². The summed E-state index contributed by atoms with van der Waals surface area (Å²) >= 11 is 0. The van der Waals surface area contributed by atoms with E-state index in [0.29, 0.717) is 37.4 Å². The number of hydrogen-bond acceptors (Lipinski definition) is 6. The summed E-state index contributed by atoms with van der Waals surface area (Å²) in [5, 5.41) is 8.96. The van der Waals surface area contributed by atoms with E-state index in [1.807, 2.05) is 25.1 Å². The molecule has 8 heteroatoms. The molecule has 2 amide bonds. The minimum absolute atomic E-state index is 0.128. The number of piperazine rings is 1. The molecule has 1 saturated heterocycles. The lowest BCUT2D eigenvalue weighted by Crippen LogP contribution is -2.52. The van der Waals surface area contributed by atoms with Crippen LogP contribution in [-0.2, 0) is 9.53 Å². The number of ether oxygens (including phenoxy) is 2. The summed E-state index contributed by atoms with van der Waals surface area (Å²) in [5.41, 5.74) is 3.11. The fourth-order valence-electron chi connectivity index (χ4n) is 3.54. The minimum Gasteiger partial charge on any atom is -0.496 e. The van der Waals surface area contributed by atoms with Gasteiger partial charge in [-0.1, -0.05) is 6.07 Å². The molecule has 0 spiro atoms. The van der Waals surface area contributed by atoms with E-state index < -0.39 is 6.09 Å². The third-order valence-electron chi connectivity index (χ3n) is 5.39. The Bertz CT molecular complexity index is 976. The number of nitrogens with zero attached hydrogens (tertiary/aromatic N) is 4. The SMILES string of the molecule is COC(=O)N(CC(=O)N1CCN(c2ccc(C)c(OC)c2)CC1)c1ccc(C#N)cc1. The predicted octanol–water partition coefficient (Wildman–Crippen LogP) is 2.80. The van der Waals surface area contributed by atoms with Crippen molar-refractivity contribution in [3.63, 3.8) is 0 Å². The van der Waals surface area contributed by atoms with E-state index >= 15 is 0 Å². The van der Waals surface area contributed by atoms with Crippen molar-refractivity contribution in [3.8, 4) is 11.8 Å². The fraction of sp³-hybridized carbons (Fsp3) is 0.348. The van der Waals surface area contributed by atoms with Crippen molar-refractivity contribution in [1.29, 1.82) is 5.26 Å². The largest absolute Gasteiger partial charge is 0.496 e. The summed E-state index contributed by atoms with van der Waals surface area (Å²) in [4.78, 5) is 30.4. The average molecular weight is 422 g/mol. The molecule has 8 nitrogen and oxygen atoms in total. The topological polar surface area (TPSA) is 86.1 Å². The van der Waals surface area contributed by atoms with Crippen LogP contribution < -0.4 is 14.5 Å². The molecular formula is C23H26N4O4. The lowest BCUT2D eigenvalue weighted by Gasteiger charge is -2.37. The first-order valence-corrected chi connectivity index (χ1v) is 10.00. The van der Waals surface area contributed by atoms with Gasteiger partial charge in [0.25, 0.3) is 0 Å². The molecule has 0 atom stereocenters. The number of aryl methyl sites for hydroxylation is 1. The smallest absolute Gasteiger partial charge is 0.414 e. The van der Waals surface area contributed by atoms with Gasteiger partial charge in [-0.3, -0.25) is 9.69 Å². The van der Waals surface area contributed by atoms with Crippen LogP contribution in [0.3, 0.4) is 0 Å². The van der Waals surface area contributed by atoms with Crippen LogP contribution in [0.5, 0.6) is 5.75 Å². The lowest BCUT2D eigenvalue weighted by atomic mass is 10.1. The van der Waals surface area contributed by atoms with Crippen LogP contribution >= 0.6 is 0 Å². The van der Waals surface area contributed by atoms with Gasteiger partial charge >= 0.3 is 6.09 Å². The number of amides is 2. The quantitative estimate of drug-likeness (QED) is 0.737. The Morgan fingerprint density at radius 2 is 1.74 bits per heavy atom. The molecule has 3 rings (SSSR count). The first kappa shape index (κ1) is 22.0. The zero-order valence-corrected chi connectivity index (χ0v) is 18.0. The maximum atomic E-state index is 12.9. The van der Waals surface area contributed by atoms with Gasteiger partial charge in [0.2, 0.25) is 5.91 Å². The maximum absolute atomic E-state index is 12.9. The third-order valence-corrected chi connectivity index (χ3v) is 5.39. The summed E-state index contributed by atoms with van der Waals surface area (Å²) < 4.78 is 10.3. The monoisotopic (exact) mass is 422 g/mol. The van der Waals surface area contributed by atoms with Crippen molar-refractivity contribution in [3.05, 3.63) is 53.6 Å². The highest BCUT2D eigenvalue weighted by Crippen LogP contribution is 2.26. The molecule has 1 aliphatic rings. The van der Waals surface area contributed by atoms with Crippen molar-refractivity contribution in [2.45, 2.75) is 6.92 Å². The van der Waals surface area contributed by atoms with Gasteiger partial charge < -0.3 is 19.3 Å². The maximum Gasteiger partial charge on any atom is 0.414 e. The van der Waals surface area contributed by atoms with E-state index in [-0.39, 0.29) is 12.5 Å². The van der Waals surface area contributed by atoms with E-state index in [1.54, 1.807) is 36.3 Å². The number of benzene rings is 2. The zero-order valence-electron chi connectivity index (χ0n) is 18.0. The van der Waals surface area contributed by atoms with Gasteiger partial charge in [-0.2, -0.15) is 5.26 Å². The van der Waals surface area contributed by atoms with Crippen LogP contribution in [0.25, 0.3) is 0 Å². The lowest BCUT2D eigenvalue weighted by molar-refractivity contribution is -0.130. The molecule has 0 N–H and O–H groups in total.